The zero-order valence-electron chi connectivity index (χ0n) is 21.4. The van der Waals surface area contributed by atoms with E-state index >= 15 is 0 Å². The molecule has 5 heteroatoms. The summed E-state index contributed by atoms with van der Waals surface area (Å²) in [5.41, 5.74) is 0.0418. The van der Waals surface area contributed by atoms with E-state index in [9.17, 15) is 17.6 Å². The highest BCUT2D eigenvalue weighted by Gasteiger charge is 2.27. The maximum absolute atomic E-state index is 14.9. The maximum Gasteiger partial charge on any atom is 0.145 e. The van der Waals surface area contributed by atoms with Crippen molar-refractivity contribution < 1.29 is 17.6 Å². The third-order valence-electron chi connectivity index (χ3n) is 8.82. The molecule has 0 nitrogen and oxygen atoms in total. The summed E-state index contributed by atoms with van der Waals surface area (Å²) < 4.78 is 57.5. The summed E-state index contributed by atoms with van der Waals surface area (Å²) in [6.07, 6.45) is 17.7. The van der Waals surface area contributed by atoms with Gasteiger partial charge in [-0.1, -0.05) is 82.7 Å². The number of halogens is 5. The molecule has 0 bridgehead atoms. The summed E-state index contributed by atoms with van der Waals surface area (Å²) >= 11 is 5.51. The first-order valence-corrected chi connectivity index (χ1v) is 14.4. The van der Waals surface area contributed by atoms with Crippen LogP contribution >= 0.6 is 11.6 Å². The van der Waals surface area contributed by atoms with E-state index in [0.717, 1.165) is 49.7 Å². The molecule has 0 unspecified atom stereocenters. The molecule has 0 aliphatic heterocycles. The Bertz CT molecular complexity index is 958. The highest BCUT2D eigenvalue weighted by atomic mass is 35.5. The Morgan fingerprint density at radius 1 is 0.639 bits per heavy atom. The quantitative estimate of drug-likeness (QED) is 0.174. The first-order chi connectivity index (χ1) is 17.4. The van der Waals surface area contributed by atoms with Gasteiger partial charge >= 0.3 is 0 Å². The van der Waals surface area contributed by atoms with Gasteiger partial charge in [0.1, 0.15) is 28.3 Å². The van der Waals surface area contributed by atoms with Crippen LogP contribution in [0.25, 0.3) is 11.1 Å². The predicted molar refractivity (Wildman–Crippen MR) is 140 cm³/mol. The van der Waals surface area contributed by atoms with Crippen molar-refractivity contribution in [2.45, 2.75) is 103 Å². The first kappa shape index (κ1) is 27.5. The molecule has 0 aromatic heterocycles. The van der Waals surface area contributed by atoms with E-state index in [2.05, 4.69) is 6.92 Å². The van der Waals surface area contributed by atoms with Gasteiger partial charge in [-0.15, -0.1) is 0 Å². The lowest BCUT2D eigenvalue weighted by Crippen LogP contribution is -2.18. The molecule has 0 heterocycles. The van der Waals surface area contributed by atoms with E-state index in [1.54, 1.807) is 0 Å². The van der Waals surface area contributed by atoms with E-state index in [-0.39, 0.29) is 11.5 Å². The average Bonchev–Trinajstić information content (AvgIpc) is 2.87. The minimum absolute atomic E-state index is 0.122. The molecule has 0 saturated heterocycles. The van der Waals surface area contributed by atoms with Crippen LogP contribution < -0.4 is 0 Å². The number of hydrogen-bond donors (Lipinski definition) is 0. The van der Waals surface area contributed by atoms with Crippen LogP contribution in [0.5, 0.6) is 0 Å². The lowest BCUT2D eigenvalue weighted by atomic mass is 9.74. The van der Waals surface area contributed by atoms with Gasteiger partial charge in [0, 0.05) is 0 Å². The van der Waals surface area contributed by atoms with E-state index in [1.165, 1.54) is 76.3 Å². The lowest BCUT2D eigenvalue weighted by molar-refractivity contribution is 0.222. The van der Waals surface area contributed by atoms with Crippen LogP contribution in [0.3, 0.4) is 0 Å². The van der Waals surface area contributed by atoms with E-state index < -0.39 is 33.9 Å². The van der Waals surface area contributed by atoms with Gasteiger partial charge in [0.25, 0.3) is 0 Å². The molecule has 2 aliphatic carbocycles. The minimum Gasteiger partial charge on any atom is -0.206 e. The summed E-state index contributed by atoms with van der Waals surface area (Å²) in [5.74, 6) is -0.997. The molecule has 0 radical (unpaired) electrons. The van der Waals surface area contributed by atoms with Crippen molar-refractivity contribution in [1.82, 2.24) is 0 Å². The fraction of sp³-hybridized carbons (Fsp3) is 0.613. The van der Waals surface area contributed by atoms with E-state index in [4.69, 9.17) is 11.6 Å². The number of rotatable bonds is 9. The maximum atomic E-state index is 14.9. The van der Waals surface area contributed by atoms with Crippen molar-refractivity contribution in [3.63, 3.8) is 0 Å². The third-order valence-corrected chi connectivity index (χ3v) is 9.18. The highest BCUT2D eigenvalue weighted by molar-refractivity contribution is 6.31. The predicted octanol–water partition coefficient (Wildman–Crippen LogP) is 11.0. The van der Waals surface area contributed by atoms with Crippen molar-refractivity contribution in [2.24, 2.45) is 17.8 Å². The molecular weight excluding hydrogens is 484 g/mol. The van der Waals surface area contributed by atoms with Gasteiger partial charge < -0.3 is 0 Å². The zero-order valence-corrected chi connectivity index (χ0v) is 22.2. The Hall–Kier alpha value is -1.55. The van der Waals surface area contributed by atoms with Crippen molar-refractivity contribution in [1.29, 1.82) is 0 Å². The molecule has 2 aromatic carbocycles. The standard InChI is InChI=1S/C31H39ClF4/c1-2-3-4-5-20-6-8-21(9-7-20)10-11-22-12-14-23(15-13-22)24-16-26(33)30(27(34)17-24)25-18-28(35)31(32)29(36)19-25/h16-23H,2-15H2,1H3/t20-,21-,22-,23-. The summed E-state index contributed by atoms with van der Waals surface area (Å²) in [7, 11) is 0. The Morgan fingerprint density at radius 2 is 1.11 bits per heavy atom. The van der Waals surface area contributed by atoms with Crippen molar-refractivity contribution in [3.05, 3.63) is 58.1 Å². The van der Waals surface area contributed by atoms with Gasteiger partial charge in [0.15, 0.2) is 0 Å². The highest BCUT2D eigenvalue weighted by Crippen LogP contribution is 2.42. The van der Waals surface area contributed by atoms with Gasteiger partial charge in [-0.25, -0.2) is 17.6 Å². The van der Waals surface area contributed by atoms with Gasteiger partial charge in [0.05, 0.1) is 5.56 Å². The second-order valence-electron chi connectivity index (χ2n) is 11.3. The molecule has 4 rings (SSSR count). The Morgan fingerprint density at radius 3 is 1.61 bits per heavy atom. The molecule has 198 valence electrons. The molecule has 0 atom stereocenters. The molecule has 2 aromatic rings. The average molecular weight is 523 g/mol. The minimum atomic E-state index is -1.03. The van der Waals surface area contributed by atoms with Crippen LogP contribution in [0.2, 0.25) is 5.02 Å². The van der Waals surface area contributed by atoms with Crippen LogP contribution in [-0.2, 0) is 0 Å². The molecule has 0 spiro atoms. The SMILES string of the molecule is CCCCC[C@H]1CC[C@H](CC[C@H]2CC[C@H](c3cc(F)c(-c4cc(F)c(Cl)c(F)c4)c(F)c3)CC2)CC1. The van der Waals surface area contributed by atoms with Crippen LogP contribution in [0.4, 0.5) is 17.6 Å². The van der Waals surface area contributed by atoms with Gasteiger partial charge in [-0.3, -0.25) is 0 Å². The normalized spacial score (nSPS) is 24.7. The van der Waals surface area contributed by atoms with Crippen molar-refractivity contribution in [3.8, 4) is 11.1 Å². The number of hydrogen-bond acceptors (Lipinski definition) is 0. The Kier molecular flexibility index (Phi) is 9.77. The van der Waals surface area contributed by atoms with Gasteiger partial charge in [-0.2, -0.15) is 0 Å². The zero-order chi connectivity index (χ0) is 25.7. The van der Waals surface area contributed by atoms with Crippen LogP contribution in [0.1, 0.15) is 108 Å². The third kappa shape index (κ3) is 6.85. The van der Waals surface area contributed by atoms with Gasteiger partial charge in [0.2, 0.25) is 0 Å². The molecule has 2 saturated carbocycles. The molecule has 0 N–H and O–H groups in total. The smallest absolute Gasteiger partial charge is 0.145 e. The second-order valence-corrected chi connectivity index (χ2v) is 11.7. The Balaban J connectivity index is 1.27. The summed E-state index contributed by atoms with van der Waals surface area (Å²) in [5, 5.41) is -0.678. The Labute approximate surface area is 218 Å². The topological polar surface area (TPSA) is 0 Å². The molecule has 2 aliphatic rings. The molecule has 36 heavy (non-hydrogen) atoms. The fourth-order valence-corrected chi connectivity index (χ4v) is 6.66. The van der Waals surface area contributed by atoms with E-state index in [0.29, 0.717) is 11.5 Å². The summed E-state index contributed by atoms with van der Waals surface area (Å²) in [6.45, 7) is 2.27. The monoisotopic (exact) mass is 522 g/mol. The largest absolute Gasteiger partial charge is 0.206 e. The van der Waals surface area contributed by atoms with Gasteiger partial charge in [-0.05, 0) is 84.7 Å². The lowest BCUT2D eigenvalue weighted by Gasteiger charge is -2.32. The van der Waals surface area contributed by atoms with Crippen LogP contribution in [0.15, 0.2) is 24.3 Å². The molecular formula is C31H39ClF4. The summed E-state index contributed by atoms with van der Waals surface area (Å²) in [4.78, 5) is 0. The van der Waals surface area contributed by atoms with Crippen LogP contribution in [-0.4, -0.2) is 0 Å². The molecule has 2 fully saturated rings. The van der Waals surface area contributed by atoms with Crippen molar-refractivity contribution in [2.75, 3.05) is 0 Å². The number of unbranched alkanes of at least 4 members (excludes halogenated alkanes) is 2. The van der Waals surface area contributed by atoms with Crippen LogP contribution in [0, 0.1) is 41.0 Å². The van der Waals surface area contributed by atoms with E-state index in [1.807, 2.05) is 0 Å². The number of benzene rings is 2. The second kappa shape index (κ2) is 12.8. The summed E-state index contributed by atoms with van der Waals surface area (Å²) in [6, 6.07) is 4.42. The fourth-order valence-electron chi connectivity index (χ4n) is 6.55. The first-order valence-electron chi connectivity index (χ1n) is 14.0. The molecule has 0 amide bonds. The van der Waals surface area contributed by atoms with Crippen molar-refractivity contribution >= 4 is 11.6 Å².